The third-order valence-electron chi connectivity index (χ3n) is 5.09. The van der Waals surface area contributed by atoms with Gasteiger partial charge in [-0.15, -0.1) is 0 Å². The van der Waals surface area contributed by atoms with E-state index in [0.717, 1.165) is 35.9 Å². The molecule has 1 atom stereocenters. The van der Waals surface area contributed by atoms with Gasteiger partial charge in [0, 0.05) is 42.7 Å². The van der Waals surface area contributed by atoms with Crippen LogP contribution in [0.25, 0.3) is 11.1 Å². The van der Waals surface area contributed by atoms with Gasteiger partial charge in [-0.25, -0.2) is 0 Å². The van der Waals surface area contributed by atoms with Crippen LogP contribution in [0.1, 0.15) is 29.5 Å². The standard InChI is InChI=1S/C21H23N3O2/c1-14-13-25-21-5-4-18(17-6-8-22-9-7-17)10-19(21)11-24(14)12-20-15(2)23-26-16(20)3/h4-10,14H,11-13H2,1-3H3/t14-/m0/s1. The van der Waals surface area contributed by atoms with Gasteiger partial charge in [-0.2, -0.15) is 0 Å². The van der Waals surface area contributed by atoms with Crippen molar-refractivity contribution in [1.82, 2.24) is 15.0 Å². The van der Waals surface area contributed by atoms with Crippen LogP contribution < -0.4 is 4.74 Å². The highest BCUT2D eigenvalue weighted by atomic mass is 16.5. The predicted octanol–water partition coefficient (Wildman–Crippen LogP) is 4.14. The first-order chi connectivity index (χ1) is 12.6. The number of hydrogen-bond acceptors (Lipinski definition) is 5. The average Bonchev–Trinajstić information content (AvgIpc) is 2.89. The average molecular weight is 349 g/mol. The molecule has 2 aromatic heterocycles. The largest absolute Gasteiger partial charge is 0.492 e. The lowest BCUT2D eigenvalue weighted by Crippen LogP contribution is -2.34. The van der Waals surface area contributed by atoms with E-state index >= 15 is 0 Å². The molecular formula is C21H23N3O2. The highest BCUT2D eigenvalue weighted by Gasteiger charge is 2.24. The molecule has 0 saturated carbocycles. The SMILES string of the molecule is Cc1noc(C)c1CN1Cc2cc(-c3ccncc3)ccc2OC[C@@H]1C. The fraction of sp³-hybridized carbons (Fsp3) is 0.333. The zero-order valence-electron chi connectivity index (χ0n) is 15.4. The third-order valence-corrected chi connectivity index (χ3v) is 5.09. The fourth-order valence-electron chi connectivity index (χ4n) is 3.40. The van der Waals surface area contributed by atoms with Crippen LogP contribution >= 0.6 is 0 Å². The second kappa shape index (κ2) is 6.92. The third kappa shape index (κ3) is 3.22. The van der Waals surface area contributed by atoms with Gasteiger partial charge in [-0.3, -0.25) is 9.88 Å². The van der Waals surface area contributed by atoms with Gasteiger partial charge in [0.05, 0.1) is 5.69 Å². The van der Waals surface area contributed by atoms with E-state index in [2.05, 4.69) is 40.2 Å². The van der Waals surface area contributed by atoms with Crippen LogP contribution in [0.15, 0.2) is 47.2 Å². The van der Waals surface area contributed by atoms with E-state index in [4.69, 9.17) is 9.26 Å². The Bertz CT molecular complexity index is 885. The molecule has 26 heavy (non-hydrogen) atoms. The summed E-state index contributed by atoms with van der Waals surface area (Å²) in [6, 6.07) is 10.8. The lowest BCUT2D eigenvalue weighted by molar-refractivity contribution is 0.150. The molecule has 0 radical (unpaired) electrons. The molecule has 3 heterocycles. The van der Waals surface area contributed by atoms with Crippen molar-refractivity contribution in [3.8, 4) is 16.9 Å². The summed E-state index contributed by atoms with van der Waals surface area (Å²) in [4.78, 5) is 6.53. The van der Waals surface area contributed by atoms with Crippen molar-refractivity contribution in [2.75, 3.05) is 6.61 Å². The van der Waals surface area contributed by atoms with Crippen LogP contribution in [0.2, 0.25) is 0 Å². The van der Waals surface area contributed by atoms with Gasteiger partial charge >= 0.3 is 0 Å². The van der Waals surface area contributed by atoms with Crippen LogP contribution in [-0.4, -0.2) is 27.7 Å². The maximum absolute atomic E-state index is 6.07. The van der Waals surface area contributed by atoms with E-state index in [1.54, 1.807) is 0 Å². The number of benzene rings is 1. The predicted molar refractivity (Wildman–Crippen MR) is 99.9 cm³/mol. The molecule has 0 aliphatic carbocycles. The first-order valence-corrected chi connectivity index (χ1v) is 8.93. The van der Waals surface area contributed by atoms with E-state index in [-0.39, 0.29) is 0 Å². The van der Waals surface area contributed by atoms with E-state index in [1.807, 2.05) is 38.4 Å². The molecule has 134 valence electrons. The minimum atomic E-state index is 0.306. The summed E-state index contributed by atoms with van der Waals surface area (Å²) in [6.07, 6.45) is 3.65. The molecule has 1 aliphatic heterocycles. The number of pyridine rings is 1. The number of ether oxygens (including phenoxy) is 1. The summed E-state index contributed by atoms with van der Waals surface area (Å²) in [5.41, 5.74) is 5.69. The molecule has 0 amide bonds. The Labute approximate surface area is 153 Å². The van der Waals surface area contributed by atoms with E-state index in [1.165, 1.54) is 16.7 Å². The molecule has 0 bridgehead atoms. The maximum Gasteiger partial charge on any atom is 0.138 e. The molecule has 4 rings (SSSR count). The number of aryl methyl sites for hydroxylation is 2. The lowest BCUT2D eigenvalue weighted by atomic mass is 10.0. The second-order valence-corrected chi connectivity index (χ2v) is 6.93. The number of rotatable bonds is 3. The Hall–Kier alpha value is -2.66. The highest BCUT2D eigenvalue weighted by molar-refractivity contribution is 5.65. The van der Waals surface area contributed by atoms with Crippen molar-refractivity contribution in [3.63, 3.8) is 0 Å². The van der Waals surface area contributed by atoms with Crippen molar-refractivity contribution in [1.29, 1.82) is 0 Å². The van der Waals surface area contributed by atoms with Crippen LogP contribution in [0, 0.1) is 13.8 Å². The van der Waals surface area contributed by atoms with Crippen LogP contribution in [0.4, 0.5) is 0 Å². The Balaban J connectivity index is 1.64. The number of fused-ring (bicyclic) bond motifs is 1. The summed E-state index contributed by atoms with van der Waals surface area (Å²) >= 11 is 0. The van der Waals surface area contributed by atoms with Crippen molar-refractivity contribution < 1.29 is 9.26 Å². The van der Waals surface area contributed by atoms with Gasteiger partial charge < -0.3 is 9.26 Å². The number of hydrogen-bond donors (Lipinski definition) is 0. The second-order valence-electron chi connectivity index (χ2n) is 6.93. The van der Waals surface area contributed by atoms with Crippen molar-refractivity contribution in [2.24, 2.45) is 0 Å². The van der Waals surface area contributed by atoms with Gasteiger partial charge in [-0.1, -0.05) is 11.2 Å². The molecule has 1 aliphatic rings. The highest BCUT2D eigenvalue weighted by Crippen LogP contribution is 2.31. The summed E-state index contributed by atoms with van der Waals surface area (Å²) in [5.74, 6) is 1.86. The van der Waals surface area contributed by atoms with Crippen LogP contribution in [-0.2, 0) is 13.1 Å². The molecule has 0 N–H and O–H groups in total. The molecule has 0 spiro atoms. The summed E-state index contributed by atoms with van der Waals surface area (Å²) < 4.78 is 11.4. The minimum Gasteiger partial charge on any atom is -0.492 e. The molecule has 0 unspecified atom stereocenters. The normalized spacial score (nSPS) is 17.4. The minimum absolute atomic E-state index is 0.306. The number of nitrogens with zero attached hydrogens (tertiary/aromatic N) is 3. The zero-order valence-corrected chi connectivity index (χ0v) is 15.4. The molecule has 5 heteroatoms. The van der Waals surface area contributed by atoms with Crippen molar-refractivity contribution in [2.45, 2.75) is 39.9 Å². The van der Waals surface area contributed by atoms with Crippen LogP contribution in [0.5, 0.6) is 5.75 Å². The Kier molecular flexibility index (Phi) is 4.47. The molecule has 3 aromatic rings. The lowest BCUT2D eigenvalue weighted by Gasteiger charge is -2.25. The quantitative estimate of drug-likeness (QED) is 0.711. The molecule has 1 aromatic carbocycles. The Morgan fingerprint density at radius 3 is 2.65 bits per heavy atom. The van der Waals surface area contributed by atoms with Gasteiger partial charge in [0.25, 0.3) is 0 Å². The Morgan fingerprint density at radius 1 is 1.12 bits per heavy atom. The smallest absolute Gasteiger partial charge is 0.138 e. The summed E-state index contributed by atoms with van der Waals surface area (Å²) in [5, 5.41) is 4.09. The van der Waals surface area contributed by atoms with Crippen molar-refractivity contribution >= 4 is 0 Å². The van der Waals surface area contributed by atoms with E-state index in [9.17, 15) is 0 Å². The Morgan fingerprint density at radius 2 is 1.92 bits per heavy atom. The van der Waals surface area contributed by atoms with Gasteiger partial charge in [-0.05, 0) is 56.2 Å². The number of aromatic nitrogens is 2. The van der Waals surface area contributed by atoms with Gasteiger partial charge in [0.2, 0.25) is 0 Å². The van der Waals surface area contributed by atoms with Gasteiger partial charge in [0.15, 0.2) is 0 Å². The van der Waals surface area contributed by atoms with Crippen molar-refractivity contribution in [3.05, 3.63) is 65.3 Å². The first kappa shape index (κ1) is 16.8. The molecule has 5 nitrogen and oxygen atoms in total. The zero-order chi connectivity index (χ0) is 18.1. The monoisotopic (exact) mass is 349 g/mol. The first-order valence-electron chi connectivity index (χ1n) is 8.93. The van der Waals surface area contributed by atoms with E-state index < -0.39 is 0 Å². The molecule has 0 fully saturated rings. The van der Waals surface area contributed by atoms with Crippen LogP contribution in [0.3, 0.4) is 0 Å². The van der Waals surface area contributed by atoms with Gasteiger partial charge in [0.1, 0.15) is 18.1 Å². The fourth-order valence-corrected chi connectivity index (χ4v) is 3.40. The molecular weight excluding hydrogens is 326 g/mol. The maximum atomic E-state index is 6.07. The topological polar surface area (TPSA) is 51.4 Å². The summed E-state index contributed by atoms with van der Waals surface area (Å²) in [6.45, 7) is 8.49. The summed E-state index contributed by atoms with van der Waals surface area (Å²) in [7, 11) is 0. The van der Waals surface area contributed by atoms with E-state index in [0.29, 0.717) is 12.6 Å². The molecule has 0 saturated heterocycles.